The van der Waals surface area contributed by atoms with E-state index in [4.69, 9.17) is 5.14 Å². The normalized spacial score (nSPS) is 11.4. The predicted molar refractivity (Wildman–Crippen MR) is 59.0 cm³/mol. The molecule has 0 fully saturated rings. The number of amides is 1. The molecule has 0 radical (unpaired) electrons. The van der Waals surface area contributed by atoms with Crippen molar-refractivity contribution in [2.45, 2.75) is 4.90 Å². The smallest absolute Gasteiger partial charge is 0.295 e. The van der Waals surface area contributed by atoms with E-state index in [1.165, 1.54) is 30.2 Å². The van der Waals surface area contributed by atoms with Crippen molar-refractivity contribution < 1.29 is 17.7 Å². The van der Waals surface area contributed by atoms with Gasteiger partial charge in [-0.25, -0.2) is 13.6 Å². The van der Waals surface area contributed by atoms with E-state index < -0.39 is 15.9 Å². The second-order valence-corrected chi connectivity index (χ2v) is 4.92. The summed E-state index contributed by atoms with van der Waals surface area (Å²) in [5.74, 6) is -0.904. The van der Waals surface area contributed by atoms with Crippen molar-refractivity contribution in [2.24, 2.45) is 12.2 Å². The number of primary sulfonamides is 1. The fourth-order valence-corrected chi connectivity index (χ4v) is 1.92. The molecular formula is C8H9N5O4S. The van der Waals surface area contributed by atoms with Crippen LogP contribution in [-0.2, 0) is 17.1 Å². The fraction of sp³-hybridized carbons (Fsp3) is 0.125. The summed E-state index contributed by atoms with van der Waals surface area (Å²) < 4.78 is 28.4. The molecule has 0 aliphatic rings. The summed E-state index contributed by atoms with van der Waals surface area (Å²) >= 11 is 0. The Balaban J connectivity index is 2.33. The molecule has 3 N–H and O–H groups in total. The van der Waals surface area contributed by atoms with Gasteiger partial charge in [0.2, 0.25) is 15.8 Å². The molecule has 0 aliphatic carbocycles. The van der Waals surface area contributed by atoms with Crippen LogP contribution < -0.4 is 10.5 Å². The molecule has 10 heteroatoms. The number of sulfonamides is 1. The summed E-state index contributed by atoms with van der Waals surface area (Å²) in [7, 11) is -2.47. The van der Waals surface area contributed by atoms with Crippen LogP contribution in [0.3, 0.4) is 0 Å². The molecule has 96 valence electrons. The molecule has 18 heavy (non-hydrogen) atoms. The average molecular weight is 271 g/mol. The van der Waals surface area contributed by atoms with E-state index in [0.29, 0.717) is 0 Å². The highest BCUT2D eigenvalue weighted by Gasteiger charge is 2.21. The van der Waals surface area contributed by atoms with Crippen molar-refractivity contribution in [3.63, 3.8) is 0 Å². The largest absolute Gasteiger partial charge is 0.351 e. The van der Waals surface area contributed by atoms with Gasteiger partial charge in [-0.05, 0) is 0 Å². The molecule has 0 aromatic carbocycles. The lowest BCUT2D eigenvalue weighted by Gasteiger charge is -2.00. The summed E-state index contributed by atoms with van der Waals surface area (Å²) in [6.07, 6.45) is 2.47. The molecule has 0 spiro atoms. The van der Waals surface area contributed by atoms with Gasteiger partial charge in [-0.2, -0.15) is 5.10 Å². The van der Waals surface area contributed by atoms with Crippen molar-refractivity contribution in [3.05, 3.63) is 24.2 Å². The van der Waals surface area contributed by atoms with Crippen molar-refractivity contribution in [1.29, 1.82) is 0 Å². The van der Waals surface area contributed by atoms with Crippen LogP contribution in [0.25, 0.3) is 0 Å². The van der Waals surface area contributed by atoms with Crippen molar-refractivity contribution >= 4 is 21.7 Å². The standard InChI is InChI=1S/C8H9N5O4S/c1-13-4-6(18(9,15)16)7(12-13)11-8(14)5-2-3-10-17-5/h2-4H,1H3,(H2,9,15,16)(H,11,12,14). The first kappa shape index (κ1) is 12.3. The minimum atomic E-state index is -3.97. The second-order valence-electron chi connectivity index (χ2n) is 3.39. The molecule has 2 heterocycles. The van der Waals surface area contributed by atoms with Gasteiger partial charge < -0.3 is 9.84 Å². The quantitative estimate of drug-likeness (QED) is 0.758. The Labute approximate surface area is 102 Å². The number of aryl methyl sites for hydroxylation is 1. The lowest BCUT2D eigenvalue weighted by Crippen LogP contribution is -2.17. The maximum atomic E-state index is 11.6. The number of hydrogen-bond acceptors (Lipinski definition) is 6. The first-order chi connectivity index (χ1) is 8.38. The van der Waals surface area contributed by atoms with Crippen LogP contribution in [-0.4, -0.2) is 29.3 Å². The minimum Gasteiger partial charge on any atom is -0.351 e. The number of hydrogen-bond donors (Lipinski definition) is 2. The van der Waals surface area contributed by atoms with Crippen molar-refractivity contribution in [2.75, 3.05) is 5.32 Å². The summed E-state index contributed by atoms with van der Waals surface area (Å²) in [6, 6.07) is 1.33. The molecule has 2 rings (SSSR count). The van der Waals surface area contributed by atoms with E-state index in [-0.39, 0.29) is 16.5 Å². The summed E-state index contributed by atoms with van der Waals surface area (Å²) in [6.45, 7) is 0. The molecule has 9 nitrogen and oxygen atoms in total. The summed E-state index contributed by atoms with van der Waals surface area (Å²) in [4.78, 5) is 11.4. The van der Waals surface area contributed by atoms with Gasteiger partial charge in [-0.1, -0.05) is 5.16 Å². The fourth-order valence-electron chi connectivity index (χ4n) is 1.26. The molecule has 0 saturated carbocycles. The predicted octanol–water partition coefficient (Wildman–Crippen LogP) is -0.692. The number of carbonyl (C=O) groups excluding carboxylic acids is 1. The van der Waals surface area contributed by atoms with Gasteiger partial charge in [0.1, 0.15) is 4.90 Å². The van der Waals surface area contributed by atoms with Gasteiger partial charge in [0, 0.05) is 19.3 Å². The van der Waals surface area contributed by atoms with Gasteiger partial charge in [0.25, 0.3) is 5.91 Å². The third kappa shape index (κ3) is 2.38. The molecule has 1 amide bonds. The summed E-state index contributed by atoms with van der Waals surface area (Å²) in [5, 5.41) is 14.4. The van der Waals surface area contributed by atoms with Gasteiger partial charge in [-0.3, -0.25) is 9.48 Å². The van der Waals surface area contributed by atoms with Crippen LogP contribution in [0.4, 0.5) is 5.82 Å². The van der Waals surface area contributed by atoms with Crippen LogP contribution in [0.2, 0.25) is 0 Å². The van der Waals surface area contributed by atoms with E-state index in [9.17, 15) is 13.2 Å². The molecule has 0 saturated heterocycles. The zero-order valence-corrected chi connectivity index (χ0v) is 10.0. The first-order valence-corrected chi connectivity index (χ1v) is 6.21. The highest BCUT2D eigenvalue weighted by Crippen LogP contribution is 2.18. The van der Waals surface area contributed by atoms with Gasteiger partial charge in [-0.15, -0.1) is 0 Å². The van der Waals surface area contributed by atoms with E-state index in [1.54, 1.807) is 0 Å². The number of carbonyl (C=O) groups is 1. The summed E-state index contributed by atoms with van der Waals surface area (Å²) in [5.41, 5.74) is 0. The number of nitrogens with one attached hydrogen (secondary N) is 1. The first-order valence-electron chi connectivity index (χ1n) is 4.66. The second kappa shape index (κ2) is 4.23. The Kier molecular flexibility index (Phi) is 2.88. The molecular weight excluding hydrogens is 262 g/mol. The Bertz CT molecular complexity index is 672. The zero-order chi connectivity index (χ0) is 13.3. The van der Waals surface area contributed by atoms with E-state index in [2.05, 4.69) is 20.1 Å². The van der Waals surface area contributed by atoms with Crippen molar-refractivity contribution in [3.8, 4) is 0 Å². The maximum absolute atomic E-state index is 11.6. The van der Waals surface area contributed by atoms with Gasteiger partial charge in [0.05, 0.1) is 6.20 Å². The Morgan fingerprint density at radius 3 is 2.83 bits per heavy atom. The Hall–Kier alpha value is -2.20. The highest BCUT2D eigenvalue weighted by atomic mass is 32.2. The monoisotopic (exact) mass is 271 g/mol. The van der Waals surface area contributed by atoms with Gasteiger partial charge >= 0.3 is 0 Å². The van der Waals surface area contributed by atoms with Crippen LogP contribution >= 0.6 is 0 Å². The number of nitrogens with two attached hydrogens (primary N) is 1. The highest BCUT2D eigenvalue weighted by molar-refractivity contribution is 7.89. The zero-order valence-electron chi connectivity index (χ0n) is 9.19. The molecule has 0 unspecified atom stereocenters. The van der Waals surface area contributed by atoms with E-state index in [1.807, 2.05) is 0 Å². The SMILES string of the molecule is Cn1cc(S(N)(=O)=O)c(NC(=O)c2ccno2)n1. The third-order valence-electron chi connectivity index (χ3n) is 2.00. The third-order valence-corrected chi connectivity index (χ3v) is 2.91. The van der Waals surface area contributed by atoms with Crippen LogP contribution in [0, 0.1) is 0 Å². The van der Waals surface area contributed by atoms with Crippen molar-refractivity contribution in [1.82, 2.24) is 14.9 Å². The molecule has 2 aromatic heterocycles. The maximum Gasteiger partial charge on any atom is 0.295 e. The average Bonchev–Trinajstić information content (AvgIpc) is 2.85. The Morgan fingerprint density at radius 2 is 2.28 bits per heavy atom. The van der Waals surface area contributed by atoms with Crippen LogP contribution in [0.15, 0.2) is 27.9 Å². The number of anilines is 1. The van der Waals surface area contributed by atoms with Crippen LogP contribution in [0.1, 0.15) is 10.6 Å². The van der Waals surface area contributed by atoms with E-state index in [0.717, 1.165) is 0 Å². The van der Waals surface area contributed by atoms with Crippen LogP contribution in [0.5, 0.6) is 0 Å². The lowest BCUT2D eigenvalue weighted by atomic mass is 10.4. The Morgan fingerprint density at radius 1 is 1.56 bits per heavy atom. The minimum absolute atomic E-state index is 0.0685. The molecule has 2 aromatic rings. The molecule has 0 atom stereocenters. The molecule has 0 aliphatic heterocycles. The van der Waals surface area contributed by atoms with E-state index >= 15 is 0 Å². The number of nitrogens with zero attached hydrogens (tertiary/aromatic N) is 3. The lowest BCUT2D eigenvalue weighted by molar-refractivity contribution is 0.0987. The topological polar surface area (TPSA) is 133 Å². The number of rotatable bonds is 3. The number of aromatic nitrogens is 3. The molecule has 0 bridgehead atoms. The van der Waals surface area contributed by atoms with Gasteiger partial charge in [0.15, 0.2) is 5.82 Å².